The molecule has 1 aliphatic rings. The predicted octanol–water partition coefficient (Wildman–Crippen LogP) is 7.91. The van der Waals surface area contributed by atoms with E-state index in [4.69, 9.17) is 23.2 Å². The fourth-order valence-electron chi connectivity index (χ4n) is 5.84. The van der Waals surface area contributed by atoms with Gasteiger partial charge in [-0.3, -0.25) is 13.9 Å². The van der Waals surface area contributed by atoms with Gasteiger partial charge in [0.2, 0.25) is 11.8 Å². The summed E-state index contributed by atoms with van der Waals surface area (Å²) in [5.74, 6) is -1.27. The number of rotatable bonds is 12. The normalized spacial score (nSPS) is 14.3. The highest BCUT2D eigenvalue weighted by Crippen LogP contribution is 2.34. The molecule has 4 aromatic rings. The highest BCUT2D eigenvalue weighted by molar-refractivity contribution is 7.92. The monoisotopic (exact) mass is 731 g/mol. The smallest absolute Gasteiger partial charge is 0.352 e. The Morgan fingerprint density at radius 3 is 2.14 bits per heavy atom. The van der Waals surface area contributed by atoms with Crippen LogP contribution in [-0.2, 0) is 38.8 Å². The first-order valence-corrected chi connectivity index (χ1v) is 17.9. The molecule has 1 aliphatic carbocycles. The lowest BCUT2D eigenvalue weighted by molar-refractivity contribution is -0.140. The number of nitrogens with zero attached hydrogens (tertiary/aromatic N) is 2. The zero-order chi connectivity index (χ0) is 35.2. The van der Waals surface area contributed by atoms with Crippen LogP contribution in [0.15, 0.2) is 108 Å². The molecule has 0 saturated heterocycles. The number of nitrogens with one attached hydrogen (secondary N) is 1. The van der Waals surface area contributed by atoms with E-state index in [2.05, 4.69) is 5.32 Å². The molecular weight excluding hydrogens is 698 g/mol. The molecule has 0 bridgehead atoms. The minimum atomic E-state index is -4.78. The molecule has 49 heavy (non-hydrogen) atoms. The molecule has 13 heteroatoms. The summed E-state index contributed by atoms with van der Waals surface area (Å²) in [5, 5.41) is 3.62. The van der Waals surface area contributed by atoms with Crippen LogP contribution < -0.4 is 9.62 Å². The van der Waals surface area contributed by atoms with E-state index in [0.29, 0.717) is 21.0 Å². The molecular formula is C36H34Cl2F3N3O4S. The van der Waals surface area contributed by atoms with Gasteiger partial charge in [0, 0.05) is 29.1 Å². The molecule has 0 heterocycles. The van der Waals surface area contributed by atoms with Gasteiger partial charge in [0.1, 0.15) is 12.6 Å². The van der Waals surface area contributed by atoms with Gasteiger partial charge in [-0.25, -0.2) is 8.42 Å². The van der Waals surface area contributed by atoms with Crippen molar-refractivity contribution in [1.82, 2.24) is 10.2 Å². The average Bonchev–Trinajstić information content (AvgIpc) is 3.59. The summed E-state index contributed by atoms with van der Waals surface area (Å²) in [6.45, 7) is -1.13. The third kappa shape index (κ3) is 9.14. The number of carbonyl (C=O) groups is 2. The highest BCUT2D eigenvalue weighted by Gasteiger charge is 2.37. The average molecular weight is 733 g/mol. The van der Waals surface area contributed by atoms with E-state index in [9.17, 15) is 31.2 Å². The van der Waals surface area contributed by atoms with Crippen molar-refractivity contribution in [2.75, 3.05) is 10.8 Å². The Bertz CT molecular complexity index is 1870. The van der Waals surface area contributed by atoms with E-state index in [1.54, 1.807) is 30.3 Å². The topological polar surface area (TPSA) is 86.8 Å². The summed E-state index contributed by atoms with van der Waals surface area (Å²) in [5.41, 5.74) is -0.289. The predicted molar refractivity (Wildman–Crippen MR) is 184 cm³/mol. The van der Waals surface area contributed by atoms with E-state index < -0.39 is 46.2 Å². The Morgan fingerprint density at radius 2 is 1.51 bits per heavy atom. The fraction of sp³-hybridized carbons (Fsp3) is 0.278. The molecule has 4 aromatic carbocycles. The fourth-order valence-corrected chi connectivity index (χ4v) is 7.74. The summed E-state index contributed by atoms with van der Waals surface area (Å²) in [6.07, 6.45) is -1.26. The quantitative estimate of drug-likeness (QED) is 0.161. The van der Waals surface area contributed by atoms with Gasteiger partial charge in [0.25, 0.3) is 10.0 Å². The third-order valence-electron chi connectivity index (χ3n) is 8.40. The SMILES string of the molecule is O=C(NC1CCCC1)C(Cc1ccccc1)N(Cc1ccc(Cl)cc1Cl)C(=O)CN(c1cccc(C(F)(F)F)c1)S(=O)(=O)c1ccccc1. The zero-order valence-electron chi connectivity index (χ0n) is 26.2. The molecule has 1 atom stereocenters. The van der Waals surface area contributed by atoms with Crippen LogP contribution in [0, 0.1) is 0 Å². The number of sulfonamides is 1. The molecule has 1 unspecified atom stereocenters. The molecule has 0 aromatic heterocycles. The zero-order valence-corrected chi connectivity index (χ0v) is 28.6. The summed E-state index contributed by atoms with van der Waals surface area (Å²) in [7, 11) is -4.58. The van der Waals surface area contributed by atoms with Crippen LogP contribution >= 0.6 is 23.2 Å². The lowest BCUT2D eigenvalue weighted by Gasteiger charge is -2.34. The molecule has 0 radical (unpaired) electrons. The van der Waals surface area contributed by atoms with Gasteiger partial charge >= 0.3 is 6.18 Å². The molecule has 5 rings (SSSR count). The summed E-state index contributed by atoms with van der Waals surface area (Å²) in [4.78, 5) is 29.7. The number of hydrogen-bond acceptors (Lipinski definition) is 4. The van der Waals surface area contributed by atoms with Gasteiger partial charge in [-0.2, -0.15) is 13.2 Å². The van der Waals surface area contributed by atoms with Crippen LogP contribution in [-0.4, -0.2) is 43.8 Å². The highest BCUT2D eigenvalue weighted by atomic mass is 35.5. The number of alkyl halides is 3. The standard InChI is InChI=1S/C36H34Cl2F3N3O4S/c37-28-19-18-26(32(38)22-28)23-43(33(20-25-10-3-1-4-11-25)35(46)42-29-13-7-8-14-29)34(45)24-44(49(47,48)31-16-5-2-6-17-31)30-15-9-12-27(21-30)36(39,40)41/h1-6,9-12,15-19,21-22,29,33H,7-8,13-14,20,23-24H2,(H,42,46). The third-order valence-corrected chi connectivity index (χ3v) is 10.8. The van der Waals surface area contributed by atoms with Crippen LogP contribution in [0.5, 0.6) is 0 Å². The van der Waals surface area contributed by atoms with Crippen LogP contribution in [0.1, 0.15) is 42.4 Å². The van der Waals surface area contributed by atoms with Gasteiger partial charge in [0.15, 0.2) is 0 Å². The Hall–Kier alpha value is -4.06. The first kappa shape index (κ1) is 36.2. The van der Waals surface area contributed by atoms with Crippen molar-refractivity contribution in [3.05, 3.63) is 130 Å². The number of halogens is 5. The molecule has 258 valence electrons. The lowest BCUT2D eigenvalue weighted by atomic mass is 10.0. The summed E-state index contributed by atoms with van der Waals surface area (Å²) in [6, 6.07) is 23.3. The maximum absolute atomic E-state index is 14.6. The van der Waals surface area contributed by atoms with Crippen molar-refractivity contribution >= 4 is 50.7 Å². The number of carbonyl (C=O) groups excluding carboxylic acids is 2. The molecule has 0 aliphatic heterocycles. The van der Waals surface area contributed by atoms with Crippen molar-refractivity contribution in [3.63, 3.8) is 0 Å². The first-order valence-electron chi connectivity index (χ1n) is 15.7. The van der Waals surface area contributed by atoms with Gasteiger partial charge in [-0.1, -0.05) is 96.7 Å². The Morgan fingerprint density at radius 1 is 0.857 bits per heavy atom. The minimum absolute atomic E-state index is 0.0747. The van der Waals surface area contributed by atoms with Crippen LogP contribution in [0.2, 0.25) is 10.0 Å². The van der Waals surface area contributed by atoms with E-state index >= 15 is 0 Å². The minimum Gasteiger partial charge on any atom is -0.352 e. The van der Waals surface area contributed by atoms with Gasteiger partial charge in [-0.05, 0) is 66.4 Å². The Labute approximate surface area is 293 Å². The van der Waals surface area contributed by atoms with Crippen molar-refractivity contribution in [3.8, 4) is 0 Å². The molecule has 1 N–H and O–H groups in total. The number of amides is 2. The number of hydrogen-bond donors (Lipinski definition) is 1. The van der Waals surface area contributed by atoms with Gasteiger partial charge in [0.05, 0.1) is 16.1 Å². The Balaban J connectivity index is 1.61. The van der Waals surface area contributed by atoms with Gasteiger partial charge < -0.3 is 10.2 Å². The number of benzene rings is 4. The number of anilines is 1. The molecule has 1 saturated carbocycles. The lowest BCUT2D eigenvalue weighted by Crippen LogP contribution is -2.54. The van der Waals surface area contributed by atoms with Crippen LogP contribution in [0.3, 0.4) is 0 Å². The summed E-state index contributed by atoms with van der Waals surface area (Å²) >= 11 is 12.7. The van der Waals surface area contributed by atoms with Crippen molar-refractivity contribution < 1.29 is 31.2 Å². The van der Waals surface area contributed by atoms with Gasteiger partial charge in [-0.15, -0.1) is 0 Å². The van der Waals surface area contributed by atoms with Crippen LogP contribution in [0.4, 0.5) is 18.9 Å². The maximum Gasteiger partial charge on any atom is 0.416 e. The second-order valence-electron chi connectivity index (χ2n) is 11.8. The Kier molecular flexibility index (Phi) is 11.6. The van der Waals surface area contributed by atoms with Crippen molar-refractivity contribution in [2.24, 2.45) is 0 Å². The molecule has 7 nitrogen and oxygen atoms in total. The second kappa shape index (κ2) is 15.7. The molecule has 0 spiro atoms. The van der Waals surface area contributed by atoms with Crippen molar-refractivity contribution in [2.45, 2.75) is 61.8 Å². The largest absolute Gasteiger partial charge is 0.416 e. The van der Waals surface area contributed by atoms with Crippen molar-refractivity contribution in [1.29, 1.82) is 0 Å². The first-order chi connectivity index (χ1) is 23.3. The second-order valence-corrected chi connectivity index (χ2v) is 14.5. The maximum atomic E-state index is 14.6. The van der Waals surface area contributed by atoms with E-state index in [-0.39, 0.29) is 34.6 Å². The van der Waals surface area contributed by atoms with Crippen LogP contribution in [0.25, 0.3) is 0 Å². The molecule has 1 fully saturated rings. The molecule has 2 amide bonds. The van der Waals surface area contributed by atoms with E-state index in [1.807, 2.05) is 18.2 Å². The summed E-state index contributed by atoms with van der Waals surface area (Å²) < 4.78 is 70.2. The van der Waals surface area contributed by atoms with E-state index in [1.165, 1.54) is 41.3 Å². The van der Waals surface area contributed by atoms with E-state index in [0.717, 1.165) is 43.4 Å².